The van der Waals surface area contributed by atoms with Crippen molar-refractivity contribution in [3.05, 3.63) is 45.1 Å². The average molecular weight is 345 g/mol. The number of likely N-dealkylation sites (N-methyl/N-ethyl adjacent to an activating group) is 2. The van der Waals surface area contributed by atoms with Gasteiger partial charge < -0.3 is 14.5 Å². The fourth-order valence-electron chi connectivity index (χ4n) is 3.09. The maximum Gasteiger partial charge on any atom is 0.346 e. The first-order valence-corrected chi connectivity index (χ1v) is 8.28. The van der Waals surface area contributed by atoms with Crippen molar-refractivity contribution in [2.45, 2.75) is 13.0 Å². The summed E-state index contributed by atoms with van der Waals surface area (Å²) in [5.74, 6) is 1.07. The van der Waals surface area contributed by atoms with Crippen molar-refractivity contribution in [2.75, 3.05) is 36.5 Å². The van der Waals surface area contributed by atoms with E-state index < -0.39 is 11.2 Å². The highest BCUT2D eigenvalue weighted by Crippen LogP contribution is 2.32. The Kier molecular flexibility index (Phi) is 4.52. The molecule has 0 amide bonds. The Balaban J connectivity index is 1.84. The van der Waals surface area contributed by atoms with Crippen molar-refractivity contribution in [3.63, 3.8) is 0 Å². The van der Waals surface area contributed by atoms with Crippen LogP contribution in [0.3, 0.4) is 0 Å². The van der Waals surface area contributed by atoms with Crippen LogP contribution in [-0.4, -0.2) is 47.1 Å². The molecule has 2 heterocycles. The van der Waals surface area contributed by atoms with E-state index in [4.69, 9.17) is 4.74 Å². The Labute approximate surface area is 145 Å². The van der Waals surface area contributed by atoms with Crippen molar-refractivity contribution in [3.8, 4) is 5.75 Å². The molecule has 8 nitrogen and oxygen atoms in total. The van der Waals surface area contributed by atoms with Gasteiger partial charge in [0.1, 0.15) is 11.9 Å². The van der Waals surface area contributed by atoms with Gasteiger partial charge in [-0.2, -0.15) is 0 Å². The summed E-state index contributed by atoms with van der Waals surface area (Å²) in [6.45, 7) is 4.20. The van der Waals surface area contributed by atoms with E-state index >= 15 is 0 Å². The number of rotatable bonds is 4. The topological polar surface area (TPSA) is 72.6 Å². The Morgan fingerprint density at radius 3 is 2.72 bits per heavy atom. The predicted octanol–water partition coefficient (Wildman–Crippen LogP) is 0.203. The Morgan fingerprint density at radius 1 is 1.28 bits per heavy atom. The number of hydrogen-bond donors (Lipinski definition) is 0. The molecule has 0 bridgehead atoms. The summed E-state index contributed by atoms with van der Waals surface area (Å²) < 4.78 is 8.32. The number of anilines is 2. The summed E-state index contributed by atoms with van der Waals surface area (Å²) in [4.78, 5) is 28.1. The fraction of sp³-hybridized carbons (Fsp3) is 0.471. The Morgan fingerprint density at radius 2 is 2.00 bits per heavy atom. The zero-order chi connectivity index (χ0) is 18.1. The molecular weight excluding hydrogens is 322 g/mol. The first-order chi connectivity index (χ1) is 11.9. The van der Waals surface area contributed by atoms with E-state index in [1.54, 1.807) is 11.9 Å². The minimum Gasteiger partial charge on any atom is -0.485 e. The van der Waals surface area contributed by atoms with Gasteiger partial charge in [0.15, 0.2) is 0 Å². The number of hydrogen-bond acceptors (Lipinski definition) is 6. The summed E-state index contributed by atoms with van der Waals surface area (Å²) in [5.41, 5.74) is 0.233. The summed E-state index contributed by atoms with van der Waals surface area (Å²) in [5, 5.41) is 4.11. The Hall–Kier alpha value is -2.77. The number of nitrogens with zero attached hydrogens (tertiary/aromatic N) is 5. The van der Waals surface area contributed by atoms with Crippen LogP contribution in [0.4, 0.5) is 11.5 Å². The van der Waals surface area contributed by atoms with Gasteiger partial charge in [-0.05, 0) is 19.1 Å². The van der Waals surface area contributed by atoms with E-state index in [0.717, 1.165) is 29.1 Å². The molecule has 25 heavy (non-hydrogen) atoms. The quantitative estimate of drug-likeness (QED) is 0.788. The van der Waals surface area contributed by atoms with Crippen molar-refractivity contribution in [1.82, 2.24) is 14.3 Å². The first-order valence-electron chi connectivity index (χ1n) is 8.28. The van der Waals surface area contributed by atoms with Crippen LogP contribution in [0.15, 0.2) is 33.9 Å². The predicted molar refractivity (Wildman–Crippen MR) is 96.7 cm³/mol. The third-order valence-electron chi connectivity index (χ3n) is 4.45. The first kappa shape index (κ1) is 17.1. The molecule has 1 aliphatic heterocycles. The van der Waals surface area contributed by atoms with Gasteiger partial charge in [0.25, 0.3) is 5.56 Å². The van der Waals surface area contributed by atoms with Gasteiger partial charge >= 0.3 is 5.69 Å². The zero-order valence-electron chi connectivity index (χ0n) is 15.0. The minimum absolute atomic E-state index is 0.108. The number of fused-ring (bicyclic) bond motifs is 1. The van der Waals surface area contributed by atoms with Gasteiger partial charge in [-0.15, -0.1) is 5.10 Å². The molecule has 0 N–H and O–H groups in total. The van der Waals surface area contributed by atoms with E-state index in [1.165, 1.54) is 18.8 Å². The SMILES string of the molecule is CCN1C[C@@H](CN(C)c2nn(C)c(=O)n(C)c2=O)Oc2ccccc21. The number of aromatic nitrogens is 3. The normalized spacial score (nSPS) is 16.3. The minimum atomic E-state index is -0.442. The van der Waals surface area contributed by atoms with Crippen molar-refractivity contribution in [2.24, 2.45) is 14.1 Å². The maximum absolute atomic E-state index is 12.3. The van der Waals surface area contributed by atoms with Crippen LogP contribution in [0.25, 0.3) is 0 Å². The lowest BCUT2D eigenvalue weighted by Gasteiger charge is -2.37. The van der Waals surface area contributed by atoms with Crippen LogP contribution in [0.2, 0.25) is 0 Å². The molecule has 0 saturated carbocycles. The lowest BCUT2D eigenvalue weighted by molar-refractivity contribution is 0.199. The second-order valence-corrected chi connectivity index (χ2v) is 6.22. The third kappa shape index (κ3) is 3.11. The molecule has 0 radical (unpaired) electrons. The number of benzene rings is 1. The van der Waals surface area contributed by atoms with E-state index in [9.17, 15) is 9.59 Å². The number of ether oxygens (including phenoxy) is 1. The molecule has 1 aromatic carbocycles. The summed E-state index contributed by atoms with van der Waals surface area (Å²) in [7, 11) is 4.77. The summed E-state index contributed by atoms with van der Waals surface area (Å²) in [6, 6.07) is 7.94. The summed E-state index contributed by atoms with van der Waals surface area (Å²) in [6.07, 6.45) is -0.108. The molecule has 0 fully saturated rings. The highest BCUT2D eigenvalue weighted by Gasteiger charge is 2.26. The van der Waals surface area contributed by atoms with Crippen LogP contribution in [-0.2, 0) is 14.1 Å². The smallest absolute Gasteiger partial charge is 0.346 e. The molecule has 8 heteroatoms. The fourth-order valence-corrected chi connectivity index (χ4v) is 3.09. The van der Waals surface area contributed by atoms with Crippen LogP contribution in [0.5, 0.6) is 5.75 Å². The van der Waals surface area contributed by atoms with Gasteiger partial charge in [0, 0.05) is 27.7 Å². The van der Waals surface area contributed by atoms with Crippen LogP contribution >= 0.6 is 0 Å². The maximum atomic E-state index is 12.3. The van der Waals surface area contributed by atoms with Crippen LogP contribution < -0.4 is 25.8 Å². The van der Waals surface area contributed by atoms with E-state index in [0.29, 0.717) is 6.54 Å². The van der Waals surface area contributed by atoms with E-state index in [-0.39, 0.29) is 11.9 Å². The highest BCUT2D eigenvalue weighted by molar-refractivity contribution is 5.60. The van der Waals surface area contributed by atoms with Crippen molar-refractivity contribution >= 4 is 11.5 Å². The second kappa shape index (κ2) is 6.62. The zero-order valence-corrected chi connectivity index (χ0v) is 15.0. The molecule has 134 valence electrons. The number of para-hydroxylation sites is 2. The molecule has 0 spiro atoms. The van der Waals surface area contributed by atoms with E-state index in [2.05, 4.69) is 16.9 Å². The van der Waals surface area contributed by atoms with Gasteiger partial charge in [-0.1, -0.05) is 12.1 Å². The Bertz CT molecular complexity index is 889. The lowest BCUT2D eigenvalue weighted by atomic mass is 10.2. The average Bonchev–Trinajstić information content (AvgIpc) is 2.62. The lowest BCUT2D eigenvalue weighted by Crippen LogP contribution is -2.48. The molecule has 0 aliphatic carbocycles. The van der Waals surface area contributed by atoms with Gasteiger partial charge in [0.05, 0.1) is 18.8 Å². The molecule has 1 atom stereocenters. The third-order valence-corrected chi connectivity index (χ3v) is 4.45. The number of aryl methyl sites for hydroxylation is 1. The summed E-state index contributed by atoms with van der Waals surface area (Å²) >= 11 is 0. The van der Waals surface area contributed by atoms with Gasteiger partial charge in [-0.25, -0.2) is 9.48 Å². The molecule has 0 unspecified atom stereocenters. The standard InChI is InChI=1S/C17H23N5O3/c1-5-22-11-12(25-14-9-7-6-8-13(14)22)10-19(2)15-16(23)20(3)17(24)21(4)18-15/h6-9,12H,5,10-11H2,1-4H3/t12-/m1/s1. The largest absolute Gasteiger partial charge is 0.485 e. The second-order valence-electron chi connectivity index (χ2n) is 6.22. The van der Waals surface area contributed by atoms with Crippen molar-refractivity contribution < 1.29 is 4.74 Å². The van der Waals surface area contributed by atoms with Gasteiger partial charge in [-0.3, -0.25) is 9.36 Å². The van der Waals surface area contributed by atoms with Crippen LogP contribution in [0, 0.1) is 0 Å². The molecule has 3 rings (SSSR count). The highest BCUT2D eigenvalue weighted by atomic mass is 16.5. The van der Waals surface area contributed by atoms with E-state index in [1.807, 2.05) is 24.3 Å². The van der Waals surface area contributed by atoms with Crippen molar-refractivity contribution in [1.29, 1.82) is 0 Å². The molecule has 2 aromatic rings. The van der Waals surface area contributed by atoms with Crippen LogP contribution in [0.1, 0.15) is 6.92 Å². The molecule has 0 saturated heterocycles. The van der Waals surface area contributed by atoms with Gasteiger partial charge in [0.2, 0.25) is 5.82 Å². The monoisotopic (exact) mass is 345 g/mol. The molecule has 1 aliphatic rings. The molecular formula is C17H23N5O3. The molecule has 1 aromatic heterocycles.